The number of imidazole rings is 1. The van der Waals surface area contributed by atoms with E-state index in [9.17, 15) is 10.1 Å². The fraction of sp³-hybridized carbons (Fsp3) is 0.632. The van der Waals surface area contributed by atoms with Gasteiger partial charge in [-0.15, -0.1) is 0 Å². The van der Waals surface area contributed by atoms with Gasteiger partial charge in [-0.2, -0.15) is 9.97 Å². The lowest BCUT2D eigenvalue weighted by molar-refractivity contribution is 0.109. The molecular formula is C19H31BClN5O3Si. The van der Waals surface area contributed by atoms with E-state index in [1.807, 2.05) is 4.57 Å². The van der Waals surface area contributed by atoms with Gasteiger partial charge in [0.15, 0.2) is 19.1 Å². The maximum Gasteiger partial charge on any atom is 0.409 e. The van der Waals surface area contributed by atoms with Crippen LogP contribution >= 0.6 is 11.6 Å². The Labute approximate surface area is 184 Å². The monoisotopic (exact) mass is 451 g/mol. The number of nitrogens with zero attached hydrogens (tertiary/aromatic N) is 4. The molecule has 0 radical (unpaired) electrons. The molecule has 2 heterocycles. The number of aliphatic hydroxyl groups excluding tert-OH is 1. The molecular weight excluding hydrogens is 421 g/mol. The maximum absolute atomic E-state index is 10.1. The van der Waals surface area contributed by atoms with Crippen molar-refractivity contribution in [2.24, 2.45) is 5.92 Å². The average molecular weight is 452 g/mol. The van der Waals surface area contributed by atoms with Crippen LogP contribution < -0.4 is 5.23 Å². The van der Waals surface area contributed by atoms with Gasteiger partial charge in [0.2, 0.25) is 5.95 Å². The molecule has 3 rings (SSSR count). The summed E-state index contributed by atoms with van der Waals surface area (Å²) < 4.78 is 8.57. The molecule has 0 aromatic carbocycles. The number of anilines is 1. The quantitative estimate of drug-likeness (QED) is 0.350. The van der Waals surface area contributed by atoms with Crippen LogP contribution in [-0.2, 0) is 4.43 Å². The van der Waals surface area contributed by atoms with E-state index >= 15 is 0 Å². The van der Waals surface area contributed by atoms with Crippen molar-refractivity contribution in [1.82, 2.24) is 19.5 Å². The first-order valence-electron chi connectivity index (χ1n) is 10.2. The van der Waals surface area contributed by atoms with Crippen LogP contribution in [-0.4, -0.2) is 57.7 Å². The molecule has 1 aliphatic rings. The molecule has 11 heteroatoms. The van der Waals surface area contributed by atoms with Crippen molar-refractivity contribution >= 4 is 44.1 Å². The van der Waals surface area contributed by atoms with Crippen LogP contribution in [0.2, 0.25) is 30.1 Å². The first kappa shape index (κ1) is 23.2. The van der Waals surface area contributed by atoms with Gasteiger partial charge < -0.3 is 24.4 Å². The maximum atomic E-state index is 10.1. The van der Waals surface area contributed by atoms with Crippen molar-refractivity contribution < 1.29 is 14.6 Å². The van der Waals surface area contributed by atoms with Crippen LogP contribution in [0.25, 0.3) is 11.2 Å². The van der Waals surface area contributed by atoms with Crippen LogP contribution in [0.5, 0.6) is 0 Å². The SMILES string of the molecule is C=C1[C@H](CO)[C@@H](O[Si](C)(C)C(C)(C)C)C[C@@H]1n1cnc2c(Cl)nc(NB(C)O)nc21. The highest BCUT2D eigenvalue weighted by Crippen LogP contribution is 2.46. The molecule has 1 fully saturated rings. The van der Waals surface area contributed by atoms with Crippen molar-refractivity contribution in [2.75, 3.05) is 11.8 Å². The third-order valence-electron chi connectivity index (χ3n) is 6.31. The second-order valence-corrected chi connectivity index (χ2v) is 14.6. The van der Waals surface area contributed by atoms with E-state index < -0.39 is 15.4 Å². The summed E-state index contributed by atoms with van der Waals surface area (Å²) in [6.45, 7) is 16.9. The van der Waals surface area contributed by atoms with Gasteiger partial charge in [0.05, 0.1) is 25.1 Å². The van der Waals surface area contributed by atoms with Gasteiger partial charge in [0, 0.05) is 5.92 Å². The third-order valence-corrected chi connectivity index (χ3v) is 11.1. The highest BCUT2D eigenvalue weighted by Gasteiger charge is 2.46. The summed E-state index contributed by atoms with van der Waals surface area (Å²) in [5.74, 6) is 0.0644. The topological polar surface area (TPSA) is 105 Å². The zero-order valence-corrected chi connectivity index (χ0v) is 20.2. The molecule has 1 saturated carbocycles. The number of halogens is 1. The molecule has 0 saturated heterocycles. The van der Waals surface area contributed by atoms with Gasteiger partial charge in [0.1, 0.15) is 5.52 Å². The minimum atomic E-state index is -2.02. The highest BCUT2D eigenvalue weighted by atomic mass is 35.5. The van der Waals surface area contributed by atoms with E-state index in [1.165, 1.54) is 0 Å². The van der Waals surface area contributed by atoms with Crippen LogP contribution in [0.4, 0.5) is 5.95 Å². The predicted octanol–water partition coefficient (Wildman–Crippen LogP) is 3.50. The Morgan fingerprint density at radius 3 is 2.63 bits per heavy atom. The second kappa shape index (κ2) is 8.23. The first-order valence-corrected chi connectivity index (χ1v) is 13.5. The molecule has 0 spiro atoms. The second-order valence-electron chi connectivity index (χ2n) is 9.51. The Morgan fingerprint density at radius 2 is 2.07 bits per heavy atom. The van der Waals surface area contributed by atoms with Crippen molar-refractivity contribution in [3.63, 3.8) is 0 Å². The molecule has 0 bridgehead atoms. The van der Waals surface area contributed by atoms with Gasteiger partial charge in [-0.3, -0.25) is 0 Å². The predicted molar refractivity (Wildman–Crippen MR) is 123 cm³/mol. The molecule has 0 unspecified atom stereocenters. The highest BCUT2D eigenvalue weighted by molar-refractivity contribution is 6.74. The summed E-state index contributed by atoms with van der Waals surface area (Å²) >= 11 is 6.29. The third kappa shape index (κ3) is 4.29. The Kier molecular flexibility index (Phi) is 6.37. The molecule has 30 heavy (non-hydrogen) atoms. The number of aromatic nitrogens is 4. The molecule has 1 aliphatic carbocycles. The van der Waals surface area contributed by atoms with Gasteiger partial charge in [-0.05, 0) is 36.9 Å². The summed E-state index contributed by atoms with van der Waals surface area (Å²) in [6, 6.07) is -0.132. The smallest absolute Gasteiger partial charge is 0.409 e. The van der Waals surface area contributed by atoms with E-state index in [2.05, 4.69) is 60.6 Å². The summed E-state index contributed by atoms with van der Waals surface area (Å²) in [5.41, 5.74) is 1.92. The van der Waals surface area contributed by atoms with Gasteiger partial charge in [-0.1, -0.05) is 39.0 Å². The molecule has 164 valence electrons. The van der Waals surface area contributed by atoms with E-state index in [-0.39, 0.29) is 40.8 Å². The number of nitrogens with one attached hydrogen (secondary N) is 1. The largest absolute Gasteiger partial charge is 0.433 e. The van der Waals surface area contributed by atoms with Crippen molar-refractivity contribution in [2.45, 2.75) is 64.3 Å². The molecule has 2 aromatic rings. The Bertz CT molecular complexity index is 946. The molecule has 0 aliphatic heterocycles. The zero-order chi connectivity index (χ0) is 22.4. The number of hydrogen-bond donors (Lipinski definition) is 3. The zero-order valence-electron chi connectivity index (χ0n) is 18.5. The summed E-state index contributed by atoms with van der Waals surface area (Å²) in [6.07, 6.45) is 2.22. The Balaban J connectivity index is 1.97. The number of aliphatic hydroxyl groups is 1. The summed E-state index contributed by atoms with van der Waals surface area (Å²) in [4.78, 5) is 13.0. The molecule has 8 nitrogen and oxygen atoms in total. The number of hydrogen-bond acceptors (Lipinski definition) is 7. The average Bonchev–Trinajstić information content (AvgIpc) is 3.14. The number of rotatable bonds is 6. The van der Waals surface area contributed by atoms with E-state index in [0.717, 1.165) is 5.57 Å². The Morgan fingerprint density at radius 1 is 1.40 bits per heavy atom. The first-order chi connectivity index (χ1) is 13.9. The summed E-state index contributed by atoms with van der Waals surface area (Å²) in [5, 5.41) is 22.7. The van der Waals surface area contributed by atoms with Crippen molar-refractivity contribution in [1.29, 1.82) is 0 Å². The minimum absolute atomic E-state index is 0.0220. The molecule has 3 atom stereocenters. The number of fused-ring (bicyclic) bond motifs is 1. The van der Waals surface area contributed by atoms with Gasteiger partial charge in [0.25, 0.3) is 0 Å². The van der Waals surface area contributed by atoms with E-state index in [0.29, 0.717) is 17.6 Å². The molecule has 0 amide bonds. The normalized spacial score (nSPS) is 22.7. The lowest BCUT2D eigenvalue weighted by Gasteiger charge is -2.39. The van der Waals surface area contributed by atoms with Crippen molar-refractivity contribution in [3.8, 4) is 0 Å². The standard InChI is InChI=1S/C19H31BClN5O3Si/c1-11-12(9-27)14(29-30(6,7)19(2,3)4)8-13(11)26-10-22-15-16(21)23-18(24-17(15)26)25-20(5)28/h10,12-14,27-28H,1,8-9H2,2-7H3,(H,23,24,25)/t12-,13-,14-/m0/s1. The molecule has 2 aromatic heterocycles. The fourth-order valence-corrected chi connectivity index (χ4v) is 5.18. The van der Waals surface area contributed by atoms with Crippen LogP contribution in [0.3, 0.4) is 0 Å². The van der Waals surface area contributed by atoms with E-state index in [1.54, 1.807) is 13.2 Å². The lowest BCUT2D eigenvalue weighted by Crippen LogP contribution is -2.45. The van der Waals surface area contributed by atoms with Crippen LogP contribution in [0.15, 0.2) is 18.5 Å². The lowest BCUT2D eigenvalue weighted by atomic mass is 9.89. The summed E-state index contributed by atoms with van der Waals surface area (Å²) in [7, 11) is -2.85. The van der Waals surface area contributed by atoms with Crippen LogP contribution in [0.1, 0.15) is 33.2 Å². The van der Waals surface area contributed by atoms with Crippen LogP contribution in [0, 0.1) is 5.92 Å². The molecule has 3 N–H and O–H groups in total. The minimum Gasteiger partial charge on any atom is -0.433 e. The fourth-order valence-electron chi connectivity index (χ4n) is 3.60. The van der Waals surface area contributed by atoms with Gasteiger partial charge in [-0.25, -0.2) is 4.98 Å². The van der Waals surface area contributed by atoms with Gasteiger partial charge >= 0.3 is 7.05 Å². The van der Waals surface area contributed by atoms with Crippen molar-refractivity contribution in [3.05, 3.63) is 23.6 Å². The van der Waals surface area contributed by atoms with E-state index in [4.69, 9.17) is 16.0 Å². The Hall–Kier alpha value is -1.46.